The zero-order chi connectivity index (χ0) is 19.3. The van der Waals surface area contributed by atoms with Gasteiger partial charge < -0.3 is 0 Å². The van der Waals surface area contributed by atoms with Gasteiger partial charge in [0.05, 0.1) is 18.4 Å². The van der Waals surface area contributed by atoms with Crippen LogP contribution in [0.15, 0.2) is 54.7 Å². The van der Waals surface area contributed by atoms with Gasteiger partial charge in [-0.3, -0.25) is 9.80 Å². The Hall–Kier alpha value is -2.57. The zero-order valence-electron chi connectivity index (χ0n) is 16.3. The third kappa shape index (κ3) is 4.82. The minimum absolute atomic E-state index is 0.204. The van der Waals surface area contributed by atoms with Crippen LogP contribution in [0.5, 0.6) is 0 Å². The molecule has 4 rings (SSSR count). The van der Waals surface area contributed by atoms with E-state index in [1.165, 1.54) is 17.2 Å². The lowest BCUT2D eigenvalue weighted by atomic mass is 10.1. The van der Waals surface area contributed by atoms with Crippen molar-refractivity contribution in [1.29, 1.82) is 0 Å². The highest BCUT2D eigenvalue weighted by molar-refractivity contribution is 5.21. The SMILES string of the molecule is Cc1ccc(CN2CCN(Cc3cn(Cc4ccccc4F)nn3)CC2)cc1. The standard InChI is InChI=1S/C22H26FN5/c1-18-6-8-19(9-7-18)14-26-10-12-27(13-11-26)16-21-17-28(25-24-21)15-20-4-2-3-5-22(20)23/h2-9,17H,10-16H2,1H3. The first-order chi connectivity index (χ1) is 13.7. The van der Waals surface area contributed by atoms with Gasteiger partial charge in [0.1, 0.15) is 5.82 Å². The van der Waals surface area contributed by atoms with E-state index < -0.39 is 0 Å². The van der Waals surface area contributed by atoms with Gasteiger partial charge in [-0.05, 0) is 18.6 Å². The second-order valence-corrected chi connectivity index (χ2v) is 7.54. The monoisotopic (exact) mass is 379 g/mol. The van der Waals surface area contributed by atoms with Crippen molar-refractivity contribution in [3.8, 4) is 0 Å². The molecular formula is C22H26FN5. The van der Waals surface area contributed by atoms with Crippen molar-refractivity contribution in [3.05, 3.63) is 82.9 Å². The molecule has 1 fully saturated rings. The summed E-state index contributed by atoms with van der Waals surface area (Å²) in [6.45, 7) is 8.47. The van der Waals surface area contributed by atoms with Gasteiger partial charge >= 0.3 is 0 Å². The molecule has 2 aromatic carbocycles. The highest BCUT2D eigenvalue weighted by Crippen LogP contribution is 2.12. The maximum absolute atomic E-state index is 13.8. The van der Waals surface area contributed by atoms with E-state index >= 15 is 0 Å². The molecule has 0 saturated carbocycles. The first-order valence-electron chi connectivity index (χ1n) is 9.78. The van der Waals surface area contributed by atoms with Crippen LogP contribution in [0.4, 0.5) is 4.39 Å². The number of aromatic nitrogens is 3. The van der Waals surface area contributed by atoms with Crippen LogP contribution in [-0.2, 0) is 19.6 Å². The van der Waals surface area contributed by atoms with E-state index in [-0.39, 0.29) is 5.82 Å². The molecule has 6 heteroatoms. The summed E-state index contributed by atoms with van der Waals surface area (Å²) in [5, 5.41) is 8.43. The van der Waals surface area contributed by atoms with Crippen molar-refractivity contribution in [2.24, 2.45) is 0 Å². The number of rotatable bonds is 6. The minimum Gasteiger partial charge on any atom is -0.297 e. The maximum Gasteiger partial charge on any atom is 0.128 e. The quantitative estimate of drug-likeness (QED) is 0.660. The van der Waals surface area contributed by atoms with E-state index in [4.69, 9.17) is 0 Å². The average molecular weight is 379 g/mol. The zero-order valence-corrected chi connectivity index (χ0v) is 16.3. The van der Waals surface area contributed by atoms with E-state index in [1.54, 1.807) is 16.8 Å². The van der Waals surface area contributed by atoms with Crippen molar-refractivity contribution in [1.82, 2.24) is 24.8 Å². The molecule has 0 spiro atoms. The molecule has 0 radical (unpaired) electrons. The van der Waals surface area contributed by atoms with Crippen LogP contribution in [0.3, 0.4) is 0 Å². The van der Waals surface area contributed by atoms with E-state index in [1.807, 2.05) is 12.3 Å². The molecule has 0 atom stereocenters. The fourth-order valence-electron chi connectivity index (χ4n) is 3.58. The van der Waals surface area contributed by atoms with Gasteiger partial charge in [0.25, 0.3) is 0 Å². The summed E-state index contributed by atoms with van der Waals surface area (Å²) >= 11 is 0. The summed E-state index contributed by atoms with van der Waals surface area (Å²) in [4.78, 5) is 4.90. The van der Waals surface area contributed by atoms with Crippen molar-refractivity contribution < 1.29 is 4.39 Å². The van der Waals surface area contributed by atoms with E-state index in [9.17, 15) is 4.39 Å². The molecule has 0 bridgehead atoms. The molecule has 1 aliphatic rings. The number of hydrogen-bond donors (Lipinski definition) is 0. The van der Waals surface area contributed by atoms with Gasteiger partial charge in [0, 0.05) is 44.8 Å². The Labute approximate surface area is 165 Å². The second kappa shape index (κ2) is 8.63. The summed E-state index contributed by atoms with van der Waals surface area (Å²) in [6.07, 6.45) is 1.92. The van der Waals surface area contributed by atoms with E-state index in [0.717, 1.165) is 45.0 Å². The van der Waals surface area contributed by atoms with Crippen molar-refractivity contribution >= 4 is 0 Å². The van der Waals surface area contributed by atoms with Crippen LogP contribution in [0, 0.1) is 12.7 Å². The molecule has 3 aromatic rings. The second-order valence-electron chi connectivity index (χ2n) is 7.54. The molecule has 5 nitrogen and oxygen atoms in total. The van der Waals surface area contributed by atoms with Gasteiger partial charge in [0.15, 0.2) is 0 Å². The van der Waals surface area contributed by atoms with E-state index in [0.29, 0.717) is 12.1 Å². The van der Waals surface area contributed by atoms with Crippen molar-refractivity contribution in [3.63, 3.8) is 0 Å². The molecule has 2 heterocycles. The summed E-state index contributed by atoms with van der Waals surface area (Å²) in [6, 6.07) is 15.6. The summed E-state index contributed by atoms with van der Waals surface area (Å²) in [5.41, 5.74) is 4.23. The fraction of sp³-hybridized carbons (Fsp3) is 0.364. The maximum atomic E-state index is 13.8. The normalized spacial score (nSPS) is 15.8. The Morgan fingerprint density at radius 2 is 1.54 bits per heavy atom. The number of hydrogen-bond acceptors (Lipinski definition) is 4. The van der Waals surface area contributed by atoms with Gasteiger partial charge in [-0.1, -0.05) is 53.2 Å². The lowest BCUT2D eigenvalue weighted by molar-refractivity contribution is 0.121. The number of nitrogens with zero attached hydrogens (tertiary/aromatic N) is 5. The first kappa shape index (κ1) is 18.8. The minimum atomic E-state index is -0.204. The van der Waals surface area contributed by atoms with Gasteiger partial charge in [-0.15, -0.1) is 5.10 Å². The topological polar surface area (TPSA) is 37.2 Å². The first-order valence-corrected chi connectivity index (χ1v) is 9.78. The molecule has 28 heavy (non-hydrogen) atoms. The summed E-state index contributed by atoms with van der Waals surface area (Å²) in [5.74, 6) is -0.204. The van der Waals surface area contributed by atoms with Crippen LogP contribution in [0.25, 0.3) is 0 Å². The van der Waals surface area contributed by atoms with Gasteiger partial charge in [-0.2, -0.15) is 0 Å². The van der Waals surface area contributed by atoms with Crippen LogP contribution >= 0.6 is 0 Å². The van der Waals surface area contributed by atoms with Crippen LogP contribution in [0.2, 0.25) is 0 Å². The Morgan fingerprint density at radius 1 is 0.857 bits per heavy atom. The third-order valence-corrected chi connectivity index (χ3v) is 5.25. The lowest BCUT2D eigenvalue weighted by Crippen LogP contribution is -2.45. The predicted molar refractivity (Wildman–Crippen MR) is 107 cm³/mol. The number of benzene rings is 2. The van der Waals surface area contributed by atoms with Crippen LogP contribution in [0.1, 0.15) is 22.4 Å². The third-order valence-electron chi connectivity index (χ3n) is 5.25. The number of piperazine rings is 1. The Balaban J connectivity index is 1.26. The molecule has 0 aliphatic carbocycles. The average Bonchev–Trinajstić information content (AvgIpc) is 3.14. The number of aryl methyl sites for hydroxylation is 1. The Bertz CT molecular complexity index is 897. The molecule has 0 amide bonds. The summed E-state index contributed by atoms with van der Waals surface area (Å²) in [7, 11) is 0. The molecule has 146 valence electrons. The molecule has 0 unspecified atom stereocenters. The highest BCUT2D eigenvalue weighted by Gasteiger charge is 2.18. The van der Waals surface area contributed by atoms with Gasteiger partial charge in [-0.25, -0.2) is 9.07 Å². The van der Waals surface area contributed by atoms with Crippen LogP contribution in [-0.4, -0.2) is 51.0 Å². The molecule has 1 saturated heterocycles. The van der Waals surface area contributed by atoms with E-state index in [2.05, 4.69) is 51.3 Å². The molecule has 1 aromatic heterocycles. The molecule has 1 aliphatic heterocycles. The molecule has 0 N–H and O–H groups in total. The lowest BCUT2D eigenvalue weighted by Gasteiger charge is -2.34. The Morgan fingerprint density at radius 3 is 2.25 bits per heavy atom. The van der Waals surface area contributed by atoms with Crippen molar-refractivity contribution in [2.75, 3.05) is 26.2 Å². The summed E-state index contributed by atoms with van der Waals surface area (Å²) < 4.78 is 15.5. The fourth-order valence-corrected chi connectivity index (χ4v) is 3.58. The highest BCUT2D eigenvalue weighted by atomic mass is 19.1. The predicted octanol–water partition coefficient (Wildman–Crippen LogP) is 3.09. The van der Waals surface area contributed by atoms with Crippen molar-refractivity contribution in [2.45, 2.75) is 26.6 Å². The largest absolute Gasteiger partial charge is 0.297 e. The Kier molecular flexibility index (Phi) is 5.78. The number of halogens is 1. The smallest absolute Gasteiger partial charge is 0.128 e. The van der Waals surface area contributed by atoms with Crippen LogP contribution < -0.4 is 0 Å². The van der Waals surface area contributed by atoms with Gasteiger partial charge in [0.2, 0.25) is 0 Å². The molecular weight excluding hydrogens is 353 g/mol.